The van der Waals surface area contributed by atoms with Crippen LogP contribution in [-0.4, -0.2) is 39.1 Å². The van der Waals surface area contributed by atoms with Crippen molar-refractivity contribution in [1.82, 2.24) is 20.0 Å². The van der Waals surface area contributed by atoms with Gasteiger partial charge in [0.2, 0.25) is 11.8 Å². The Morgan fingerprint density at radius 3 is 2.96 bits per heavy atom. The standard InChI is InChI=1S/C18H21FN4O2/c1-13-5-7-23(21-13)8-6-17(24)20-16-10-18(25)22(12-16)11-14-3-2-4-15(19)9-14/h2-5,7,9,16H,6,8,10-12H2,1H3,(H,20,24)/t16-/m1/s1. The molecule has 25 heavy (non-hydrogen) atoms. The van der Waals surface area contributed by atoms with E-state index in [2.05, 4.69) is 10.4 Å². The number of carbonyl (C=O) groups excluding carboxylic acids is 2. The average Bonchev–Trinajstić information content (AvgIpc) is 3.11. The van der Waals surface area contributed by atoms with Crippen LogP contribution in [0.2, 0.25) is 0 Å². The monoisotopic (exact) mass is 344 g/mol. The van der Waals surface area contributed by atoms with E-state index in [9.17, 15) is 14.0 Å². The second-order valence-corrected chi connectivity index (χ2v) is 6.34. The molecule has 1 aliphatic rings. The van der Waals surface area contributed by atoms with Crippen molar-refractivity contribution in [2.75, 3.05) is 6.54 Å². The number of hydrogen-bond donors (Lipinski definition) is 1. The Hall–Kier alpha value is -2.70. The van der Waals surface area contributed by atoms with Gasteiger partial charge >= 0.3 is 0 Å². The van der Waals surface area contributed by atoms with Crippen LogP contribution in [-0.2, 0) is 22.7 Å². The van der Waals surface area contributed by atoms with Crippen molar-refractivity contribution < 1.29 is 14.0 Å². The van der Waals surface area contributed by atoms with Crippen molar-refractivity contribution in [3.05, 3.63) is 53.6 Å². The Kier molecular flexibility index (Phi) is 5.11. The Morgan fingerprint density at radius 2 is 2.24 bits per heavy atom. The molecule has 0 radical (unpaired) electrons. The van der Waals surface area contributed by atoms with Crippen LogP contribution < -0.4 is 5.32 Å². The van der Waals surface area contributed by atoms with E-state index < -0.39 is 0 Å². The normalized spacial score (nSPS) is 17.1. The lowest BCUT2D eigenvalue weighted by Gasteiger charge is -2.17. The van der Waals surface area contributed by atoms with Gasteiger partial charge in [0.1, 0.15) is 5.82 Å². The van der Waals surface area contributed by atoms with Crippen LogP contribution in [0.1, 0.15) is 24.1 Å². The highest BCUT2D eigenvalue weighted by atomic mass is 19.1. The molecule has 1 aliphatic heterocycles. The first-order chi connectivity index (χ1) is 12.0. The van der Waals surface area contributed by atoms with Gasteiger partial charge in [-0.1, -0.05) is 12.1 Å². The zero-order chi connectivity index (χ0) is 17.8. The molecule has 7 heteroatoms. The SMILES string of the molecule is Cc1ccn(CCC(=O)N[C@@H]2CC(=O)N(Cc3cccc(F)c3)C2)n1. The van der Waals surface area contributed by atoms with Crippen molar-refractivity contribution in [1.29, 1.82) is 0 Å². The predicted molar refractivity (Wildman–Crippen MR) is 89.9 cm³/mol. The molecule has 1 aromatic carbocycles. The third kappa shape index (κ3) is 4.65. The van der Waals surface area contributed by atoms with Crippen LogP contribution in [0.3, 0.4) is 0 Å². The van der Waals surface area contributed by atoms with E-state index in [-0.39, 0.29) is 30.1 Å². The molecular formula is C18H21FN4O2. The first-order valence-electron chi connectivity index (χ1n) is 8.31. The molecule has 0 spiro atoms. The second-order valence-electron chi connectivity index (χ2n) is 6.34. The smallest absolute Gasteiger partial charge is 0.225 e. The van der Waals surface area contributed by atoms with E-state index in [4.69, 9.17) is 0 Å². The summed E-state index contributed by atoms with van der Waals surface area (Å²) in [7, 11) is 0. The Bertz CT molecular complexity index is 774. The summed E-state index contributed by atoms with van der Waals surface area (Å²) in [5, 5.41) is 7.13. The number of amides is 2. The van der Waals surface area contributed by atoms with Crippen LogP contribution in [0.5, 0.6) is 0 Å². The summed E-state index contributed by atoms with van der Waals surface area (Å²) in [4.78, 5) is 25.8. The van der Waals surface area contributed by atoms with Crippen molar-refractivity contribution in [3.8, 4) is 0 Å². The number of likely N-dealkylation sites (tertiary alicyclic amines) is 1. The summed E-state index contributed by atoms with van der Waals surface area (Å²) >= 11 is 0. The molecule has 0 bridgehead atoms. The largest absolute Gasteiger partial charge is 0.351 e. The van der Waals surface area contributed by atoms with E-state index in [1.165, 1.54) is 12.1 Å². The summed E-state index contributed by atoms with van der Waals surface area (Å²) in [6.07, 6.45) is 2.43. The quantitative estimate of drug-likeness (QED) is 0.866. The van der Waals surface area contributed by atoms with Gasteiger partial charge in [-0.3, -0.25) is 14.3 Å². The topological polar surface area (TPSA) is 67.2 Å². The first kappa shape index (κ1) is 17.1. The molecule has 1 N–H and O–H groups in total. The van der Waals surface area contributed by atoms with Gasteiger partial charge in [0, 0.05) is 38.7 Å². The van der Waals surface area contributed by atoms with Gasteiger partial charge in [0.05, 0.1) is 11.7 Å². The molecule has 0 unspecified atom stereocenters. The van der Waals surface area contributed by atoms with Crippen molar-refractivity contribution in [3.63, 3.8) is 0 Å². The van der Waals surface area contributed by atoms with E-state index in [0.29, 0.717) is 26.1 Å². The zero-order valence-corrected chi connectivity index (χ0v) is 14.1. The van der Waals surface area contributed by atoms with Crippen LogP contribution in [0.15, 0.2) is 36.5 Å². The lowest BCUT2D eigenvalue weighted by molar-refractivity contribution is -0.128. The van der Waals surface area contributed by atoms with Crippen molar-refractivity contribution in [2.45, 2.75) is 38.9 Å². The van der Waals surface area contributed by atoms with Gasteiger partial charge in [-0.05, 0) is 30.7 Å². The highest BCUT2D eigenvalue weighted by Crippen LogP contribution is 2.16. The van der Waals surface area contributed by atoms with E-state index >= 15 is 0 Å². The maximum Gasteiger partial charge on any atom is 0.225 e. The molecule has 1 fully saturated rings. The molecule has 1 aromatic heterocycles. The van der Waals surface area contributed by atoms with Gasteiger partial charge in [-0.25, -0.2) is 4.39 Å². The fourth-order valence-electron chi connectivity index (χ4n) is 2.98. The average molecular weight is 344 g/mol. The minimum atomic E-state index is -0.317. The Morgan fingerprint density at radius 1 is 1.40 bits per heavy atom. The molecular weight excluding hydrogens is 323 g/mol. The van der Waals surface area contributed by atoms with Crippen LogP contribution >= 0.6 is 0 Å². The van der Waals surface area contributed by atoms with Gasteiger partial charge in [-0.15, -0.1) is 0 Å². The molecule has 6 nitrogen and oxygen atoms in total. The number of carbonyl (C=O) groups is 2. The highest BCUT2D eigenvalue weighted by molar-refractivity contribution is 5.82. The minimum Gasteiger partial charge on any atom is -0.351 e. The minimum absolute atomic E-state index is 0.0303. The molecule has 1 atom stereocenters. The maximum atomic E-state index is 13.2. The maximum absolute atomic E-state index is 13.2. The molecule has 0 saturated carbocycles. The van der Waals surface area contributed by atoms with Crippen molar-refractivity contribution in [2.24, 2.45) is 0 Å². The highest BCUT2D eigenvalue weighted by Gasteiger charge is 2.30. The second kappa shape index (κ2) is 7.46. The molecule has 3 rings (SSSR count). The molecule has 0 aliphatic carbocycles. The van der Waals surface area contributed by atoms with Gasteiger partial charge in [0.15, 0.2) is 0 Å². The summed E-state index contributed by atoms with van der Waals surface area (Å²) in [5.74, 6) is -0.446. The number of benzene rings is 1. The number of aromatic nitrogens is 2. The number of rotatable bonds is 6. The Labute approximate surface area is 145 Å². The first-order valence-corrected chi connectivity index (χ1v) is 8.31. The summed E-state index contributed by atoms with van der Waals surface area (Å²) in [6.45, 7) is 3.21. The van der Waals surface area contributed by atoms with Crippen LogP contribution in [0.4, 0.5) is 4.39 Å². The van der Waals surface area contributed by atoms with Gasteiger partial charge in [0.25, 0.3) is 0 Å². The molecule has 2 heterocycles. The van der Waals surface area contributed by atoms with Gasteiger partial charge < -0.3 is 10.2 Å². The molecule has 2 aromatic rings. The number of hydrogen-bond acceptors (Lipinski definition) is 3. The zero-order valence-electron chi connectivity index (χ0n) is 14.1. The molecule has 1 saturated heterocycles. The summed E-state index contributed by atoms with van der Waals surface area (Å²) < 4.78 is 15.0. The number of nitrogens with one attached hydrogen (secondary N) is 1. The molecule has 132 valence electrons. The van der Waals surface area contributed by atoms with E-state index in [1.807, 2.05) is 19.2 Å². The van der Waals surface area contributed by atoms with Crippen LogP contribution in [0.25, 0.3) is 0 Å². The lowest BCUT2D eigenvalue weighted by Crippen LogP contribution is -2.37. The number of halogens is 1. The van der Waals surface area contributed by atoms with Crippen molar-refractivity contribution >= 4 is 11.8 Å². The summed E-state index contributed by atoms with van der Waals surface area (Å²) in [5.41, 5.74) is 1.66. The number of nitrogens with zero attached hydrogens (tertiary/aromatic N) is 3. The fraction of sp³-hybridized carbons (Fsp3) is 0.389. The number of aryl methyl sites for hydroxylation is 2. The van der Waals surface area contributed by atoms with Crippen LogP contribution in [0, 0.1) is 12.7 Å². The van der Waals surface area contributed by atoms with E-state index in [1.54, 1.807) is 21.7 Å². The third-order valence-corrected chi connectivity index (χ3v) is 4.18. The summed E-state index contributed by atoms with van der Waals surface area (Å²) in [6, 6.07) is 7.89. The predicted octanol–water partition coefficient (Wildman–Crippen LogP) is 1.64. The van der Waals surface area contributed by atoms with Gasteiger partial charge in [-0.2, -0.15) is 5.10 Å². The molecule has 2 amide bonds. The lowest BCUT2D eigenvalue weighted by atomic mass is 10.2. The third-order valence-electron chi connectivity index (χ3n) is 4.18. The Balaban J connectivity index is 1.47. The van der Waals surface area contributed by atoms with E-state index in [0.717, 1.165) is 11.3 Å². The fourth-order valence-corrected chi connectivity index (χ4v) is 2.98.